The number of hydrazone groups is 1. The largest absolute Gasteiger partial charge is 0.493 e. The van der Waals surface area contributed by atoms with Gasteiger partial charge in [-0.25, -0.2) is 10.2 Å². The van der Waals surface area contributed by atoms with Gasteiger partial charge in [-0.3, -0.25) is 0 Å². The van der Waals surface area contributed by atoms with Gasteiger partial charge in [-0.1, -0.05) is 0 Å². The summed E-state index contributed by atoms with van der Waals surface area (Å²) in [5, 5.41) is 3.59. The van der Waals surface area contributed by atoms with E-state index in [2.05, 4.69) is 10.5 Å². The fraction of sp³-hybridized carbons (Fsp3) is 0.429. The maximum absolute atomic E-state index is 10.2. The summed E-state index contributed by atoms with van der Waals surface area (Å²) in [6.07, 6.45) is 6.87. The summed E-state index contributed by atoms with van der Waals surface area (Å²) in [6.45, 7) is 0. The molecule has 0 saturated heterocycles. The summed E-state index contributed by atoms with van der Waals surface area (Å²) >= 11 is 0. The Hall–Kier alpha value is -1.52. The van der Waals surface area contributed by atoms with Crippen LogP contribution in [-0.2, 0) is 4.74 Å². The molecular weight excluding hydrogens is 158 g/mol. The van der Waals surface area contributed by atoms with E-state index >= 15 is 0 Å². The minimum absolute atomic E-state index is 0.0538. The fourth-order valence-corrected chi connectivity index (χ4v) is 0.847. The van der Waals surface area contributed by atoms with Crippen molar-refractivity contribution in [3.05, 3.63) is 12.3 Å². The zero-order chi connectivity index (χ0) is 8.81. The number of carbonyl (C=O) groups excluding carboxylic acids is 1. The zero-order valence-electron chi connectivity index (χ0n) is 6.56. The van der Waals surface area contributed by atoms with Crippen molar-refractivity contribution in [1.82, 2.24) is 5.43 Å². The van der Waals surface area contributed by atoms with Crippen LogP contribution in [0.15, 0.2) is 17.4 Å². The third kappa shape index (κ3) is 3.05. The van der Waals surface area contributed by atoms with Gasteiger partial charge in [0.05, 0.1) is 12.5 Å². The van der Waals surface area contributed by atoms with Crippen LogP contribution in [0.2, 0.25) is 0 Å². The van der Waals surface area contributed by atoms with E-state index < -0.39 is 6.03 Å². The van der Waals surface area contributed by atoms with Gasteiger partial charge in [0.2, 0.25) is 0 Å². The van der Waals surface area contributed by atoms with Crippen molar-refractivity contribution in [3.63, 3.8) is 0 Å². The van der Waals surface area contributed by atoms with Crippen molar-refractivity contribution >= 4 is 12.2 Å². The van der Waals surface area contributed by atoms with Gasteiger partial charge in [0.15, 0.2) is 0 Å². The number of hydrogen-bond acceptors (Lipinski definition) is 3. The highest BCUT2D eigenvalue weighted by molar-refractivity contribution is 5.73. The average Bonchev–Trinajstić information content (AvgIpc) is 2.05. The molecular formula is C7H11N3O2. The SMILES string of the molecule is NC(=O)N/N=C/C1CCC=CO1. The molecule has 0 spiro atoms. The molecule has 0 radical (unpaired) electrons. The molecule has 1 heterocycles. The minimum atomic E-state index is -0.669. The summed E-state index contributed by atoms with van der Waals surface area (Å²) in [5.41, 5.74) is 6.89. The van der Waals surface area contributed by atoms with Crippen LogP contribution in [0.3, 0.4) is 0 Å². The van der Waals surface area contributed by atoms with Gasteiger partial charge in [-0.15, -0.1) is 0 Å². The van der Waals surface area contributed by atoms with E-state index in [9.17, 15) is 4.79 Å². The Balaban J connectivity index is 2.25. The van der Waals surface area contributed by atoms with Crippen molar-refractivity contribution in [2.75, 3.05) is 0 Å². The maximum atomic E-state index is 10.2. The quantitative estimate of drug-likeness (QED) is 0.461. The summed E-state index contributed by atoms with van der Waals surface area (Å²) in [5.74, 6) is 0. The normalized spacial score (nSPS) is 22.2. The Morgan fingerprint density at radius 2 is 2.67 bits per heavy atom. The second-order valence-electron chi connectivity index (χ2n) is 2.38. The number of hydrogen-bond donors (Lipinski definition) is 2. The van der Waals surface area contributed by atoms with Crippen LogP contribution in [0, 0.1) is 0 Å². The number of nitrogens with two attached hydrogens (primary N) is 1. The van der Waals surface area contributed by atoms with Crippen molar-refractivity contribution in [2.24, 2.45) is 10.8 Å². The zero-order valence-corrected chi connectivity index (χ0v) is 6.56. The first kappa shape index (κ1) is 8.58. The Bertz CT molecular complexity index is 213. The van der Waals surface area contributed by atoms with Crippen molar-refractivity contribution in [1.29, 1.82) is 0 Å². The van der Waals surface area contributed by atoms with Crippen LogP contribution < -0.4 is 11.2 Å². The molecule has 5 heteroatoms. The number of nitrogens with one attached hydrogen (secondary N) is 1. The number of ether oxygens (including phenoxy) is 1. The molecule has 0 saturated carbocycles. The van der Waals surface area contributed by atoms with Crippen LogP contribution in [0.1, 0.15) is 12.8 Å². The van der Waals surface area contributed by atoms with Gasteiger partial charge < -0.3 is 10.5 Å². The van der Waals surface area contributed by atoms with Crippen molar-refractivity contribution in [3.8, 4) is 0 Å². The van der Waals surface area contributed by atoms with E-state index in [1.54, 1.807) is 6.26 Å². The summed E-state index contributed by atoms with van der Waals surface area (Å²) in [7, 11) is 0. The number of allylic oxidation sites excluding steroid dienone is 1. The number of rotatable bonds is 2. The van der Waals surface area contributed by atoms with Crippen LogP contribution in [0.5, 0.6) is 0 Å². The van der Waals surface area contributed by atoms with Crippen LogP contribution in [0.4, 0.5) is 4.79 Å². The van der Waals surface area contributed by atoms with Crippen LogP contribution in [0.25, 0.3) is 0 Å². The van der Waals surface area contributed by atoms with Crippen LogP contribution in [-0.4, -0.2) is 18.3 Å². The molecule has 1 aliphatic heterocycles. The highest BCUT2D eigenvalue weighted by Crippen LogP contribution is 2.07. The molecule has 12 heavy (non-hydrogen) atoms. The van der Waals surface area contributed by atoms with Crippen molar-refractivity contribution in [2.45, 2.75) is 18.9 Å². The second-order valence-corrected chi connectivity index (χ2v) is 2.38. The topological polar surface area (TPSA) is 76.7 Å². The predicted molar refractivity (Wildman–Crippen MR) is 44.5 cm³/mol. The second kappa shape index (κ2) is 4.38. The molecule has 2 amide bonds. The van der Waals surface area contributed by atoms with Crippen molar-refractivity contribution < 1.29 is 9.53 Å². The average molecular weight is 169 g/mol. The minimum Gasteiger partial charge on any atom is -0.493 e. The highest BCUT2D eigenvalue weighted by Gasteiger charge is 2.06. The first-order valence-electron chi connectivity index (χ1n) is 3.68. The van der Waals surface area contributed by atoms with E-state index in [4.69, 9.17) is 10.5 Å². The molecule has 0 aromatic carbocycles. The molecule has 66 valence electrons. The lowest BCUT2D eigenvalue weighted by Crippen LogP contribution is -2.26. The van der Waals surface area contributed by atoms with Gasteiger partial charge in [-0.2, -0.15) is 5.10 Å². The summed E-state index contributed by atoms with van der Waals surface area (Å²) in [6, 6.07) is -0.669. The van der Waals surface area contributed by atoms with Gasteiger partial charge >= 0.3 is 6.03 Å². The molecule has 3 N–H and O–H groups in total. The Morgan fingerprint density at radius 3 is 3.25 bits per heavy atom. The van der Waals surface area contributed by atoms with E-state index in [0.29, 0.717) is 0 Å². The standard InChI is InChI=1S/C7H11N3O2/c8-7(11)10-9-5-6-3-1-2-4-12-6/h2,4-6H,1,3H2,(H3,8,10,11)/b9-5+. The third-order valence-corrected chi connectivity index (χ3v) is 1.38. The monoisotopic (exact) mass is 169 g/mol. The molecule has 1 aliphatic rings. The molecule has 0 bridgehead atoms. The molecule has 1 rings (SSSR count). The first-order chi connectivity index (χ1) is 5.79. The lowest BCUT2D eigenvalue weighted by atomic mass is 10.2. The van der Waals surface area contributed by atoms with E-state index in [-0.39, 0.29) is 6.10 Å². The summed E-state index contributed by atoms with van der Waals surface area (Å²) < 4.78 is 5.14. The number of nitrogens with zero attached hydrogens (tertiary/aromatic N) is 1. The molecule has 1 atom stereocenters. The molecule has 0 aromatic rings. The van der Waals surface area contributed by atoms with Crippen LogP contribution >= 0.6 is 0 Å². The fourth-order valence-electron chi connectivity index (χ4n) is 0.847. The van der Waals surface area contributed by atoms with E-state index in [0.717, 1.165) is 12.8 Å². The molecule has 1 unspecified atom stereocenters. The molecule has 0 aliphatic carbocycles. The lowest BCUT2D eigenvalue weighted by Gasteiger charge is -2.13. The summed E-state index contributed by atoms with van der Waals surface area (Å²) in [4.78, 5) is 10.2. The number of carbonyl (C=O) groups is 1. The molecule has 0 aromatic heterocycles. The smallest absolute Gasteiger partial charge is 0.332 e. The maximum Gasteiger partial charge on any atom is 0.332 e. The molecule has 5 nitrogen and oxygen atoms in total. The van der Waals surface area contributed by atoms with Gasteiger partial charge in [-0.05, 0) is 18.9 Å². The first-order valence-corrected chi connectivity index (χ1v) is 3.68. The Morgan fingerprint density at radius 1 is 1.83 bits per heavy atom. The Labute approximate surface area is 70.3 Å². The van der Waals surface area contributed by atoms with Gasteiger partial charge in [0, 0.05) is 0 Å². The van der Waals surface area contributed by atoms with Gasteiger partial charge in [0.1, 0.15) is 6.10 Å². The Kier molecular flexibility index (Phi) is 3.13. The molecule has 0 fully saturated rings. The van der Waals surface area contributed by atoms with E-state index in [1.165, 1.54) is 6.21 Å². The number of primary amides is 1. The van der Waals surface area contributed by atoms with E-state index in [1.807, 2.05) is 6.08 Å². The lowest BCUT2D eigenvalue weighted by molar-refractivity contribution is 0.184. The highest BCUT2D eigenvalue weighted by atomic mass is 16.5. The number of amides is 2. The van der Waals surface area contributed by atoms with Gasteiger partial charge in [0.25, 0.3) is 0 Å². The third-order valence-electron chi connectivity index (χ3n) is 1.38. The number of urea groups is 1. The predicted octanol–water partition coefficient (Wildman–Crippen LogP) is 0.333.